The molecule has 0 spiro atoms. The summed E-state index contributed by atoms with van der Waals surface area (Å²) in [6.45, 7) is 0. The van der Waals surface area contributed by atoms with Crippen LogP contribution >= 0.6 is 28.6 Å². The summed E-state index contributed by atoms with van der Waals surface area (Å²) in [5.41, 5.74) is 8.27. The third kappa shape index (κ3) is 29.3. The summed E-state index contributed by atoms with van der Waals surface area (Å²) >= 11 is 0. The Morgan fingerprint density at radius 3 is 0.468 bits per heavy atom. The van der Waals surface area contributed by atoms with E-state index in [0.717, 1.165) is 47.4 Å². The molecular weight excluding hydrogens is 1310 g/mol. The second kappa shape index (κ2) is 50.6. The molecule has 94 heavy (non-hydrogen) atoms. The Morgan fingerprint density at radius 1 is 0.255 bits per heavy atom. The number of rotatable bonds is 16. The molecule has 4 aromatic rings. The molecule has 8 saturated carbocycles. The predicted molar refractivity (Wildman–Crippen MR) is 400 cm³/mol. The SMILES string of the molecule is C[N-]C.C[N-]C.C[N-]C.C[N-]C.O=P(Cc1ccc[n-]1)(C1CCCCC1)C1CCCCC1.O=P(Cc1ccc[n-]1)(C1CCCCC1)C1CCCCC1.O=P(Cc1ccc[n-]1)(C1CCCCC1)C1CCCCC1.O=P(Cc1ccc[n-]1)(C1CCCCC1)C1CCCCC1.[Ti+4].[Ti+4]. The fraction of sp³-hybridized carbons (Fsp3) is 0.789. The Balaban J connectivity index is 0.000000307. The maximum Gasteiger partial charge on any atom is 4.00 e. The van der Waals surface area contributed by atoms with Gasteiger partial charge in [-0.25, -0.2) is 0 Å². The Hall–Kier alpha value is -0.691. The van der Waals surface area contributed by atoms with Gasteiger partial charge in [-0.05, 0) is 103 Å². The first-order chi connectivity index (χ1) is 44.8. The molecule has 8 aliphatic rings. The van der Waals surface area contributed by atoms with E-state index in [1.165, 1.54) is 257 Å². The summed E-state index contributed by atoms with van der Waals surface area (Å²) < 4.78 is 55.8. The standard InChI is InChI=1S/4C17H27NOP.4C2H6N.2Ti/c4*19-20(14-15-8-7-13-18-15,16-9-3-1-4-10-16)17-11-5-2-6-12-17;4*1-3-2;;/h4*7-8,13,16-17H,1-6,9-12,14H2;4*1-2H3;;/q8*-1;2*+4. The quantitative estimate of drug-likeness (QED) is 0.0784. The van der Waals surface area contributed by atoms with E-state index in [9.17, 15) is 18.3 Å². The van der Waals surface area contributed by atoms with Crippen molar-refractivity contribution in [3.8, 4) is 0 Å². The zero-order valence-electron chi connectivity index (χ0n) is 60.7. The van der Waals surface area contributed by atoms with Crippen molar-refractivity contribution >= 4 is 28.6 Å². The number of aromatic nitrogens is 4. The molecule has 0 saturated heterocycles. The first-order valence-corrected chi connectivity index (χ1v) is 45.5. The zero-order chi connectivity index (χ0) is 66.2. The molecule has 0 aromatic carbocycles. The van der Waals surface area contributed by atoms with Crippen molar-refractivity contribution in [3.63, 3.8) is 0 Å². The summed E-state index contributed by atoms with van der Waals surface area (Å²) in [5.74, 6) is 0. The van der Waals surface area contributed by atoms with Crippen LogP contribution in [0.4, 0.5) is 0 Å². The van der Waals surface area contributed by atoms with Crippen LogP contribution in [0.5, 0.6) is 0 Å². The zero-order valence-corrected chi connectivity index (χ0v) is 67.4. The van der Waals surface area contributed by atoms with E-state index in [1.807, 2.05) is 49.1 Å². The van der Waals surface area contributed by atoms with E-state index in [1.54, 1.807) is 56.4 Å². The number of nitrogens with zero attached hydrogens (tertiary/aromatic N) is 8. The fourth-order valence-corrected chi connectivity index (χ4v) is 34.2. The summed E-state index contributed by atoms with van der Waals surface area (Å²) in [4.78, 5) is 17.7. The summed E-state index contributed by atoms with van der Waals surface area (Å²) in [5, 5.41) is 14.0. The van der Waals surface area contributed by atoms with Crippen LogP contribution in [0.25, 0.3) is 21.3 Å². The van der Waals surface area contributed by atoms with E-state index < -0.39 is 28.6 Å². The van der Waals surface area contributed by atoms with Gasteiger partial charge in [0.1, 0.15) is 0 Å². The van der Waals surface area contributed by atoms with Gasteiger partial charge in [-0.1, -0.05) is 203 Å². The first kappa shape index (κ1) is 87.5. The molecule has 18 heteroatoms. The minimum absolute atomic E-state index is 0. The van der Waals surface area contributed by atoms with Gasteiger partial charge in [-0.15, -0.1) is 0 Å². The molecule has 8 aliphatic carbocycles. The molecule has 0 atom stereocenters. The van der Waals surface area contributed by atoms with Gasteiger partial charge in [-0.2, -0.15) is 104 Å². The Bertz CT molecular complexity index is 2120. The van der Waals surface area contributed by atoms with Gasteiger partial charge in [0, 0.05) is 69.9 Å². The summed E-state index contributed by atoms with van der Waals surface area (Å²) in [6.07, 6.45) is 61.1. The molecule has 0 unspecified atom stereocenters. The maximum atomic E-state index is 14.0. The maximum absolute atomic E-state index is 14.0. The second-order valence-corrected chi connectivity index (χ2v) is 42.6. The number of hydrogen-bond donors (Lipinski definition) is 0. The Labute approximate surface area is 606 Å². The van der Waals surface area contributed by atoms with Crippen LogP contribution in [-0.4, -0.2) is 102 Å². The molecule has 4 heterocycles. The molecule has 528 valence electrons. The van der Waals surface area contributed by atoms with Crippen molar-refractivity contribution in [1.82, 2.24) is 19.9 Å². The molecule has 0 aliphatic heterocycles. The van der Waals surface area contributed by atoms with E-state index >= 15 is 0 Å². The van der Waals surface area contributed by atoms with Crippen molar-refractivity contribution in [1.29, 1.82) is 0 Å². The van der Waals surface area contributed by atoms with Crippen LogP contribution < -0.4 is 19.9 Å². The van der Waals surface area contributed by atoms with E-state index in [4.69, 9.17) is 0 Å². The Kier molecular flexibility index (Phi) is 47.1. The van der Waals surface area contributed by atoms with Gasteiger partial charge in [0.25, 0.3) is 0 Å². The van der Waals surface area contributed by atoms with Gasteiger partial charge in [0.2, 0.25) is 0 Å². The van der Waals surface area contributed by atoms with Crippen LogP contribution in [0.1, 0.15) is 280 Å². The normalized spacial score (nSPS) is 20.3. The molecule has 0 bridgehead atoms. The minimum Gasteiger partial charge on any atom is -0.668 e. The van der Waals surface area contributed by atoms with Crippen molar-refractivity contribution in [2.24, 2.45) is 0 Å². The van der Waals surface area contributed by atoms with E-state index in [0.29, 0.717) is 45.3 Å². The van der Waals surface area contributed by atoms with Crippen LogP contribution in [-0.2, 0) is 86.3 Å². The first-order valence-electron chi connectivity index (χ1n) is 37.3. The summed E-state index contributed by atoms with van der Waals surface area (Å²) in [6, 6.07) is 16.2. The fourth-order valence-electron chi connectivity index (χ4n) is 17.1. The molecule has 8 fully saturated rings. The molecule has 12 nitrogen and oxygen atoms in total. The molecular formula is C76H132N8O4P4Ti2. The molecule has 0 radical (unpaired) electrons. The van der Waals surface area contributed by atoms with Crippen molar-refractivity contribution in [2.45, 2.75) is 327 Å². The largest absolute Gasteiger partial charge is 4.00 e. The Morgan fingerprint density at radius 2 is 0.372 bits per heavy atom. The second-order valence-electron chi connectivity index (χ2n) is 28.7. The van der Waals surface area contributed by atoms with Crippen molar-refractivity contribution < 1.29 is 61.7 Å². The average molecular weight is 1440 g/mol. The van der Waals surface area contributed by atoms with Crippen LogP contribution in [0.2, 0.25) is 0 Å². The number of hydrogen-bond acceptors (Lipinski definition) is 4. The van der Waals surface area contributed by atoms with Crippen molar-refractivity contribution in [3.05, 3.63) is 117 Å². The van der Waals surface area contributed by atoms with Gasteiger partial charge in [0.05, 0.1) is 28.6 Å². The topological polar surface area (TPSA) is 181 Å². The molecule has 0 amide bonds. The predicted octanol–water partition coefficient (Wildman–Crippen LogP) is 23.2. The van der Waals surface area contributed by atoms with Crippen LogP contribution in [0, 0.1) is 0 Å². The minimum atomic E-state index is -2.12. The van der Waals surface area contributed by atoms with Gasteiger partial charge >= 0.3 is 43.4 Å². The monoisotopic (exact) mass is 1440 g/mol. The van der Waals surface area contributed by atoms with Gasteiger partial charge < -0.3 is 59.5 Å². The molecule has 12 rings (SSSR count). The van der Waals surface area contributed by atoms with Crippen LogP contribution in [0.3, 0.4) is 0 Å². The van der Waals surface area contributed by atoms with E-state index in [-0.39, 0.29) is 43.4 Å². The van der Waals surface area contributed by atoms with Crippen LogP contribution in [0.15, 0.2) is 73.3 Å². The van der Waals surface area contributed by atoms with Crippen molar-refractivity contribution in [2.75, 3.05) is 56.4 Å². The molecule has 0 N–H and O–H groups in total. The summed E-state index contributed by atoms with van der Waals surface area (Å²) in [7, 11) is 5.51. The van der Waals surface area contributed by atoms with Gasteiger partial charge in [0.15, 0.2) is 0 Å². The van der Waals surface area contributed by atoms with E-state index in [2.05, 4.69) is 65.5 Å². The molecule has 4 aromatic heterocycles. The average Bonchev–Trinajstić information content (AvgIpc) is 1.39. The third-order valence-corrected chi connectivity index (χ3v) is 38.9. The third-order valence-electron chi connectivity index (χ3n) is 21.6. The van der Waals surface area contributed by atoms with Gasteiger partial charge in [-0.3, -0.25) is 0 Å². The smallest absolute Gasteiger partial charge is 0.668 e.